The van der Waals surface area contributed by atoms with Crippen LogP contribution in [0.4, 0.5) is 0 Å². The number of hydrogen-bond acceptors (Lipinski definition) is 4. The average Bonchev–Trinajstić information content (AvgIpc) is 2.97. The van der Waals surface area contributed by atoms with Crippen LogP contribution in [0.2, 0.25) is 0 Å². The van der Waals surface area contributed by atoms with Crippen molar-refractivity contribution in [2.75, 3.05) is 19.8 Å². The van der Waals surface area contributed by atoms with E-state index in [9.17, 15) is 9.59 Å². The van der Waals surface area contributed by atoms with Crippen LogP contribution in [0.5, 0.6) is 0 Å². The predicted molar refractivity (Wildman–Crippen MR) is 62.0 cm³/mol. The minimum absolute atomic E-state index is 0.104. The van der Waals surface area contributed by atoms with Gasteiger partial charge in [0.1, 0.15) is 0 Å². The number of carboxylic acids is 1. The zero-order valence-corrected chi connectivity index (χ0v) is 10.4. The van der Waals surface area contributed by atoms with Gasteiger partial charge in [-0.1, -0.05) is 0 Å². The molecule has 1 saturated heterocycles. The highest BCUT2D eigenvalue weighted by Gasteiger charge is 2.48. The molecular formula is C12H19NO5. The number of aliphatic carboxylic acids is 1. The van der Waals surface area contributed by atoms with Gasteiger partial charge in [0.25, 0.3) is 0 Å². The standard InChI is InChI=1S/C12H19NO5/c1-7(5-18-8-2-3-17-6-8)13-11(14)9-4-10(9)12(15)16/h7-10H,2-6H2,1H3,(H,13,14)(H,15,16)/t7-,8-,9+,10+/m1/s1. The molecule has 6 nitrogen and oxygen atoms in total. The Labute approximate surface area is 106 Å². The first kappa shape index (κ1) is 13.3. The topological polar surface area (TPSA) is 84.9 Å². The maximum atomic E-state index is 11.7. The lowest BCUT2D eigenvalue weighted by Gasteiger charge is -2.16. The van der Waals surface area contributed by atoms with Crippen molar-refractivity contribution >= 4 is 11.9 Å². The number of rotatable bonds is 6. The molecule has 18 heavy (non-hydrogen) atoms. The second-order valence-electron chi connectivity index (χ2n) is 5.02. The summed E-state index contributed by atoms with van der Waals surface area (Å²) in [6.45, 7) is 3.63. The Morgan fingerprint density at radius 1 is 1.50 bits per heavy atom. The zero-order chi connectivity index (χ0) is 13.1. The van der Waals surface area contributed by atoms with Gasteiger partial charge in [-0.25, -0.2) is 0 Å². The number of ether oxygens (including phenoxy) is 2. The number of amides is 1. The van der Waals surface area contributed by atoms with E-state index < -0.39 is 11.9 Å². The Kier molecular flexibility index (Phi) is 4.19. The van der Waals surface area contributed by atoms with Gasteiger partial charge in [-0.2, -0.15) is 0 Å². The van der Waals surface area contributed by atoms with Crippen LogP contribution in [0.15, 0.2) is 0 Å². The lowest BCUT2D eigenvalue weighted by molar-refractivity contribution is -0.140. The molecule has 0 aromatic rings. The molecule has 1 heterocycles. The van der Waals surface area contributed by atoms with Gasteiger partial charge in [0.05, 0.1) is 31.2 Å². The fourth-order valence-corrected chi connectivity index (χ4v) is 2.07. The van der Waals surface area contributed by atoms with E-state index in [2.05, 4.69) is 5.32 Å². The van der Waals surface area contributed by atoms with E-state index in [0.29, 0.717) is 19.6 Å². The molecule has 4 atom stereocenters. The molecule has 1 amide bonds. The van der Waals surface area contributed by atoms with Crippen molar-refractivity contribution in [2.24, 2.45) is 11.8 Å². The van der Waals surface area contributed by atoms with Gasteiger partial charge < -0.3 is 19.9 Å². The summed E-state index contributed by atoms with van der Waals surface area (Å²) in [5.74, 6) is -1.93. The van der Waals surface area contributed by atoms with Crippen LogP contribution < -0.4 is 5.32 Å². The summed E-state index contributed by atoms with van der Waals surface area (Å²) >= 11 is 0. The highest BCUT2D eigenvalue weighted by Crippen LogP contribution is 2.38. The molecule has 2 rings (SSSR count). The van der Waals surface area contributed by atoms with Crippen molar-refractivity contribution in [2.45, 2.75) is 31.9 Å². The van der Waals surface area contributed by atoms with E-state index in [0.717, 1.165) is 13.0 Å². The Morgan fingerprint density at radius 2 is 2.28 bits per heavy atom. The number of carbonyl (C=O) groups excluding carboxylic acids is 1. The summed E-state index contributed by atoms with van der Waals surface area (Å²) in [5.41, 5.74) is 0. The first-order chi connectivity index (χ1) is 8.58. The highest BCUT2D eigenvalue weighted by atomic mass is 16.5. The fraction of sp³-hybridized carbons (Fsp3) is 0.833. The molecule has 2 N–H and O–H groups in total. The van der Waals surface area contributed by atoms with E-state index >= 15 is 0 Å². The molecule has 0 spiro atoms. The van der Waals surface area contributed by atoms with Crippen molar-refractivity contribution in [3.63, 3.8) is 0 Å². The van der Waals surface area contributed by atoms with Gasteiger partial charge >= 0.3 is 5.97 Å². The van der Waals surface area contributed by atoms with Crippen molar-refractivity contribution in [1.29, 1.82) is 0 Å². The van der Waals surface area contributed by atoms with Crippen LogP contribution in [0.3, 0.4) is 0 Å². The zero-order valence-electron chi connectivity index (χ0n) is 10.4. The molecule has 1 aliphatic heterocycles. The maximum Gasteiger partial charge on any atom is 0.307 e. The van der Waals surface area contributed by atoms with Gasteiger partial charge in [-0.15, -0.1) is 0 Å². The fourth-order valence-electron chi connectivity index (χ4n) is 2.07. The van der Waals surface area contributed by atoms with E-state index in [1.54, 1.807) is 0 Å². The maximum absolute atomic E-state index is 11.7. The minimum atomic E-state index is -0.887. The van der Waals surface area contributed by atoms with Crippen LogP contribution in [0, 0.1) is 11.8 Å². The van der Waals surface area contributed by atoms with Gasteiger partial charge in [0.15, 0.2) is 0 Å². The average molecular weight is 257 g/mol. The molecule has 0 radical (unpaired) electrons. The SMILES string of the molecule is C[C@H](CO[C@@H]1CCOC1)NC(=O)[C@H]1C[C@@H]1C(=O)O. The minimum Gasteiger partial charge on any atom is -0.481 e. The Morgan fingerprint density at radius 3 is 2.83 bits per heavy atom. The van der Waals surface area contributed by atoms with E-state index in [-0.39, 0.29) is 24.0 Å². The number of hydrogen-bond donors (Lipinski definition) is 2. The van der Waals surface area contributed by atoms with Crippen molar-refractivity contribution in [3.8, 4) is 0 Å². The third-order valence-corrected chi connectivity index (χ3v) is 3.30. The lowest BCUT2D eigenvalue weighted by Crippen LogP contribution is -2.38. The molecule has 0 aromatic heterocycles. The van der Waals surface area contributed by atoms with Crippen molar-refractivity contribution in [3.05, 3.63) is 0 Å². The highest BCUT2D eigenvalue weighted by molar-refractivity contribution is 5.89. The molecule has 2 aliphatic rings. The third kappa shape index (κ3) is 3.43. The van der Waals surface area contributed by atoms with Gasteiger partial charge in [0.2, 0.25) is 5.91 Å². The first-order valence-electron chi connectivity index (χ1n) is 6.30. The van der Waals surface area contributed by atoms with E-state index in [1.165, 1.54) is 0 Å². The van der Waals surface area contributed by atoms with Crippen LogP contribution >= 0.6 is 0 Å². The summed E-state index contributed by atoms with van der Waals surface area (Å²) in [5, 5.41) is 11.5. The molecule has 6 heteroatoms. The number of carbonyl (C=O) groups is 2. The largest absolute Gasteiger partial charge is 0.481 e. The van der Waals surface area contributed by atoms with Gasteiger partial charge in [0, 0.05) is 12.6 Å². The second-order valence-corrected chi connectivity index (χ2v) is 5.02. The lowest BCUT2D eigenvalue weighted by atomic mass is 10.2. The molecule has 0 aromatic carbocycles. The van der Waals surface area contributed by atoms with Crippen LogP contribution in [-0.4, -0.2) is 48.9 Å². The summed E-state index contributed by atoms with van der Waals surface area (Å²) in [6, 6.07) is -0.104. The van der Waals surface area contributed by atoms with Crippen LogP contribution in [0.1, 0.15) is 19.8 Å². The summed E-state index contributed by atoms with van der Waals surface area (Å²) in [4.78, 5) is 22.3. The van der Waals surface area contributed by atoms with Gasteiger partial charge in [-0.05, 0) is 19.8 Å². The molecule has 102 valence electrons. The summed E-state index contributed by atoms with van der Waals surface area (Å²) in [6.07, 6.45) is 1.47. The van der Waals surface area contributed by atoms with Crippen molar-refractivity contribution in [1.82, 2.24) is 5.32 Å². The first-order valence-corrected chi connectivity index (χ1v) is 6.30. The monoisotopic (exact) mass is 257 g/mol. The molecular weight excluding hydrogens is 238 g/mol. The molecule has 0 bridgehead atoms. The van der Waals surface area contributed by atoms with Crippen LogP contribution in [-0.2, 0) is 19.1 Å². The third-order valence-electron chi connectivity index (χ3n) is 3.30. The molecule has 1 saturated carbocycles. The normalized spacial score (nSPS) is 31.9. The molecule has 0 unspecified atom stereocenters. The second kappa shape index (κ2) is 5.67. The van der Waals surface area contributed by atoms with Crippen molar-refractivity contribution < 1.29 is 24.2 Å². The number of carboxylic acid groups (broad SMARTS) is 1. The summed E-state index contributed by atoms with van der Waals surface area (Å²) in [7, 11) is 0. The van der Waals surface area contributed by atoms with Crippen LogP contribution in [0.25, 0.3) is 0 Å². The number of nitrogens with one attached hydrogen (secondary N) is 1. The summed E-state index contributed by atoms with van der Waals surface area (Å²) < 4.78 is 10.8. The Balaban J connectivity index is 1.63. The Bertz CT molecular complexity index is 326. The predicted octanol–water partition coefficient (Wildman–Crippen LogP) is 0.0173. The van der Waals surface area contributed by atoms with E-state index in [1.807, 2.05) is 6.92 Å². The van der Waals surface area contributed by atoms with E-state index in [4.69, 9.17) is 14.6 Å². The molecule has 2 fully saturated rings. The quantitative estimate of drug-likeness (QED) is 0.700. The smallest absolute Gasteiger partial charge is 0.307 e. The van der Waals surface area contributed by atoms with Gasteiger partial charge in [-0.3, -0.25) is 9.59 Å². The molecule has 1 aliphatic carbocycles. The Hall–Kier alpha value is -1.14.